The standard InChI is InChI=1S/C15H12ClN3O2/c16-10-4-3-5-11(8-10)20-9-14-18-15(19-21-14)12-6-1-2-7-13(12)17/h1-8H,9,17H2. The van der Waals surface area contributed by atoms with Crippen LogP contribution in [0.25, 0.3) is 11.4 Å². The molecular weight excluding hydrogens is 290 g/mol. The third-order valence-corrected chi connectivity index (χ3v) is 3.06. The molecule has 0 radical (unpaired) electrons. The SMILES string of the molecule is Nc1ccccc1-c1noc(COc2cccc(Cl)c2)n1. The number of anilines is 1. The van der Waals surface area contributed by atoms with Gasteiger partial charge in [0.2, 0.25) is 5.82 Å². The average Bonchev–Trinajstić information content (AvgIpc) is 2.94. The summed E-state index contributed by atoms with van der Waals surface area (Å²) in [5.41, 5.74) is 7.21. The van der Waals surface area contributed by atoms with Crippen LogP contribution in [-0.2, 0) is 6.61 Å². The second-order valence-electron chi connectivity index (χ2n) is 4.35. The van der Waals surface area contributed by atoms with Crippen molar-refractivity contribution in [3.8, 4) is 17.1 Å². The van der Waals surface area contributed by atoms with Crippen LogP contribution in [-0.4, -0.2) is 10.1 Å². The van der Waals surface area contributed by atoms with Crippen molar-refractivity contribution >= 4 is 17.3 Å². The molecule has 0 fully saturated rings. The molecular formula is C15H12ClN3O2. The van der Waals surface area contributed by atoms with Gasteiger partial charge < -0.3 is 15.0 Å². The van der Waals surface area contributed by atoms with Gasteiger partial charge in [-0.3, -0.25) is 0 Å². The summed E-state index contributed by atoms with van der Waals surface area (Å²) in [6.45, 7) is 0.167. The molecule has 0 aliphatic carbocycles. The van der Waals surface area contributed by atoms with E-state index in [0.29, 0.717) is 28.2 Å². The maximum absolute atomic E-state index is 5.88. The minimum Gasteiger partial charge on any atom is -0.484 e. The third kappa shape index (κ3) is 3.14. The van der Waals surface area contributed by atoms with Crippen molar-refractivity contribution in [1.29, 1.82) is 0 Å². The summed E-state index contributed by atoms with van der Waals surface area (Å²) in [7, 11) is 0. The quantitative estimate of drug-likeness (QED) is 0.746. The van der Waals surface area contributed by atoms with Crippen LogP contribution < -0.4 is 10.5 Å². The first-order chi connectivity index (χ1) is 10.2. The van der Waals surface area contributed by atoms with E-state index in [1.54, 1.807) is 24.3 Å². The van der Waals surface area contributed by atoms with Gasteiger partial charge in [0.25, 0.3) is 5.89 Å². The molecule has 106 valence electrons. The fourth-order valence-corrected chi connectivity index (χ4v) is 2.01. The fraction of sp³-hybridized carbons (Fsp3) is 0.0667. The first-order valence-corrected chi connectivity index (χ1v) is 6.66. The van der Waals surface area contributed by atoms with Gasteiger partial charge in [-0.2, -0.15) is 4.98 Å². The molecule has 0 aliphatic heterocycles. The molecule has 3 aromatic rings. The van der Waals surface area contributed by atoms with Crippen LogP contribution in [0.5, 0.6) is 5.75 Å². The Hall–Kier alpha value is -2.53. The van der Waals surface area contributed by atoms with E-state index in [1.165, 1.54) is 0 Å². The molecule has 1 heterocycles. The lowest BCUT2D eigenvalue weighted by molar-refractivity contribution is 0.243. The smallest absolute Gasteiger partial charge is 0.264 e. The Balaban J connectivity index is 1.72. The molecule has 0 saturated carbocycles. The van der Waals surface area contributed by atoms with Crippen molar-refractivity contribution in [1.82, 2.24) is 10.1 Å². The van der Waals surface area contributed by atoms with Crippen molar-refractivity contribution in [3.63, 3.8) is 0 Å². The molecule has 0 unspecified atom stereocenters. The summed E-state index contributed by atoms with van der Waals surface area (Å²) in [6.07, 6.45) is 0. The van der Waals surface area contributed by atoms with Crippen molar-refractivity contribution in [2.75, 3.05) is 5.73 Å². The zero-order valence-corrected chi connectivity index (χ0v) is 11.7. The van der Waals surface area contributed by atoms with Crippen LogP contribution in [0.15, 0.2) is 53.1 Å². The maximum Gasteiger partial charge on any atom is 0.264 e. The molecule has 0 bridgehead atoms. The van der Waals surface area contributed by atoms with Gasteiger partial charge in [-0.1, -0.05) is 35.0 Å². The first-order valence-electron chi connectivity index (χ1n) is 6.28. The molecule has 5 nitrogen and oxygen atoms in total. The minimum atomic E-state index is 0.167. The lowest BCUT2D eigenvalue weighted by Crippen LogP contribution is -1.96. The highest BCUT2D eigenvalue weighted by Gasteiger charge is 2.11. The number of hydrogen-bond donors (Lipinski definition) is 1. The van der Waals surface area contributed by atoms with Gasteiger partial charge in [-0.05, 0) is 30.3 Å². The lowest BCUT2D eigenvalue weighted by Gasteiger charge is -2.02. The Kier molecular flexibility index (Phi) is 3.75. The summed E-state index contributed by atoms with van der Waals surface area (Å²) in [5.74, 6) is 1.45. The van der Waals surface area contributed by atoms with Crippen LogP contribution >= 0.6 is 11.6 Å². The highest BCUT2D eigenvalue weighted by molar-refractivity contribution is 6.30. The molecule has 2 N–H and O–H groups in total. The van der Waals surface area contributed by atoms with Gasteiger partial charge in [-0.15, -0.1) is 0 Å². The summed E-state index contributed by atoms with van der Waals surface area (Å²) < 4.78 is 10.7. The Morgan fingerprint density at radius 1 is 1.14 bits per heavy atom. The number of hydrogen-bond acceptors (Lipinski definition) is 5. The Labute approximate surface area is 126 Å². The summed E-state index contributed by atoms with van der Waals surface area (Å²) in [4.78, 5) is 4.26. The predicted octanol–water partition coefficient (Wildman–Crippen LogP) is 3.55. The monoisotopic (exact) mass is 301 g/mol. The predicted molar refractivity (Wildman–Crippen MR) is 79.9 cm³/mol. The zero-order valence-electron chi connectivity index (χ0n) is 11.0. The summed E-state index contributed by atoms with van der Waals surface area (Å²) >= 11 is 5.88. The van der Waals surface area contributed by atoms with Gasteiger partial charge in [0, 0.05) is 16.3 Å². The molecule has 0 amide bonds. The number of rotatable bonds is 4. The first kappa shape index (κ1) is 13.5. The van der Waals surface area contributed by atoms with Gasteiger partial charge in [-0.25, -0.2) is 0 Å². The van der Waals surface area contributed by atoms with Gasteiger partial charge in [0.15, 0.2) is 6.61 Å². The molecule has 1 aromatic heterocycles. The van der Waals surface area contributed by atoms with Crippen molar-refractivity contribution in [3.05, 3.63) is 59.4 Å². The maximum atomic E-state index is 5.88. The van der Waals surface area contributed by atoms with Crippen LogP contribution in [0, 0.1) is 0 Å². The van der Waals surface area contributed by atoms with Crippen LogP contribution in [0.1, 0.15) is 5.89 Å². The van der Waals surface area contributed by atoms with Crippen LogP contribution in [0.4, 0.5) is 5.69 Å². The second-order valence-corrected chi connectivity index (χ2v) is 4.78. The number of nitrogens with two attached hydrogens (primary N) is 1. The van der Waals surface area contributed by atoms with E-state index < -0.39 is 0 Å². The number of nitrogens with zero attached hydrogens (tertiary/aromatic N) is 2. The summed E-state index contributed by atoms with van der Waals surface area (Å²) in [5, 5.41) is 4.51. The Morgan fingerprint density at radius 2 is 2.00 bits per heavy atom. The molecule has 2 aromatic carbocycles. The molecule has 0 saturated heterocycles. The van der Waals surface area contributed by atoms with Crippen LogP contribution in [0.3, 0.4) is 0 Å². The zero-order chi connectivity index (χ0) is 14.7. The van der Waals surface area contributed by atoms with Crippen LogP contribution in [0.2, 0.25) is 5.02 Å². The molecule has 6 heteroatoms. The van der Waals surface area contributed by atoms with E-state index in [2.05, 4.69) is 10.1 Å². The van der Waals surface area contributed by atoms with Gasteiger partial charge in [0.1, 0.15) is 5.75 Å². The molecule has 0 spiro atoms. The Morgan fingerprint density at radius 3 is 2.81 bits per heavy atom. The van der Waals surface area contributed by atoms with E-state index in [9.17, 15) is 0 Å². The summed E-state index contributed by atoms with van der Waals surface area (Å²) in [6, 6.07) is 14.4. The van der Waals surface area contributed by atoms with Gasteiger partial charge >= 0.3 is 0 Å². The normalized spacial score (nSPS) is 10.5. The van der Waals surface area contributed by atoms with E-state index in [0.717, 1.165) is 5.56 Å². The average molecular weight is 302 g/mol. The molecule has 3 rings (SSSR count). The molecule has 0 aliphatic rings. The highest BCUT2D eigenvalue weighted by Crippen LogP contribution is 2.23. The number of benzene rings is 2. The van der Waals surface area contributed by atoms with Crippen molar-refractivity contribution < 1.29 is 9.26 Å². The molecule has 0 atom stereocenters. The minimum absolute atomic E-state index is 0.167. The molecule has 21 heavy (non-hydrogen) atoms. The lowest BCUT2D eigenvalue weighted by atomic mass is 10.2. The largest absolute Gasteiger partial charge is 0.484 e. The number of ether oxygens (including phenoxy) is 1. The second kappa shape index (κ2) is 5.85. The van der Waals surface area contributed by atoms with Crippen molar-refractivity contribution in [2.24, 2.45) is 0 Å². The number of nitrogen functional groups attached to an aromatic ring is 1. The van der Waals surface area contributed by atoms with E-state index in [1.807, 2.05) is 24.3 Å². The van der Waals surface area contributed by atoms with Crippen molar-refractivity contribution in [2.45, 2.75) is 6.61 Å². The Bertz CT molecular complexity index is 758. The highest BCUT2D eigenvalue weighted by atomic mass is 35.5. The number of halogens is 1. The van der Waals surface area contributed by atoms with E-state index in [-0.39, 0.29) is 6.61 Å². The fourth-order valence-electron chi connectivity index (χ4n) is 1.83. The topological polar surface area (TPSA) is 74.2 Å². The van der Waals surface area contributed by atoms with Gasteiger partial charge in [0.05, 0.1) is 0 Å². The van der Waals surface area contributed by atoms with E-state index in [4.69, 9.17) is 26.6 Å². The number of aromatic nitrogens is 2. The number of para-hydroxylation sites is 1. The third-order valence-electron chi connectivity index (χ3n) is 2.83. The van der Waals surface area contributed by atoms with E-state index >= 15 is 0 Å².